The van der Waals surface area contributed by atoms with Crippen LogP contribution in [0.2, 0.25) is 0 Å². The van der Waals surface area contributed by atoms with Crippen molar-refractivity contribution in [2.24, 2.45) is 0 Å². The second kappa shape index (κ2) is 6.02. The molecule has 1 aromatic heterocycles. The zero-order chi connectivity index (χ0) is 18.4. The number of nitrogens with zero attached hydrogens (tertiary/aromatic N) is 1. The highest BCUT2D eigenvalue weighted by Gasteiger charge is 2.35. The summed E-state index contributed by atoms with van der Waals surface area (Å²) in [6.07, 6.45) is -4.94. The molecular formula is C12H4BF8NO2. The maximum atomic E-state index is 13.7. The zero-order valence-electron chi connectivity index (χ0n) is 11.1. The lowest BCUT2D eigenvalue weighted by molar-refractivity contribution is -0.137. The van der Waals surface area contributed by atoms with E-state index < -0.39 is 64.7 Å². The first-order valence-electron chi connectivity index (χ1n) is 5.91. The second-order valence-electron chi connectivity index (χ2n) is 4.48. The monoisotopic (exact) mass is 357 g/mol. The predicted octanol–water partition coefficient (Wildman–Crippen LogP) is 2.14. The van der Waals surface area contributed by atoms with Crippen LogP contribution in [0, 0.1) is 29.1 Å². The van der Waals surface area contributed by atoms with E-state index in [1.807, 2.05) is 0 Å². The molecule has 0 amide bonds. The topological polar surface area (TPSA) is 53.4 Å². The van der Waals surface area contributed by atoms with Gasteiger partial charge in [0, 0.05) is 11.7 Å². The Labute approximate surface area is 128 Å². The number of aromatic nitrogens is 1. The fraction of sp³-hybridized carbons (Fsp3) is 0.0833. The number of benzene rings is 1. The van der Waals surface area contributed by atoms with E-state index >= 15 is 0 Å². The number of pyridine rings is 1. The summed E-state index contributed by atoms with van der Waals surface area (Å²) in [5.41, 5.74) is -5.61. The van der Waals surface area contributed by atoms with Gasteiger partial charge in [-0.3, -0.25) is 4.98 Å². The Morgan fingerprint density at radius 3 is 1.71 bits per heavy atom. The Morgan fingerprint density at radius 1 is 0.833 bits per heavy atom. The van der Waals surface area contributed by atoms with Crippen LogP contribution in [0.25, 0.3) is 11.3 Å². The van der Waals surface area contributed by atoms with Gasteiger partial charge in [0.25, 0.3) is 0 Å². The Bertz CT molecular complexity index is 780. The molecular weight excluding hydrogens is 353 g/mol. The summed E-state index contributed by atoms with van der Waals surface area (Å²) in [4.78, 5) is 2.99. The minimum atomic E-state index is -4.99. The van der Waals surface area contributed by atoms with Crippen LogP contribution in [0.4, 0.5) is 35.1 Å². The molecule has 0 atom stereocenters. The van der Waals surface area contributed by atoms with Crippen molar-refractivity contribution >= 4 is 12.6 Å². The van der Waals surface area contributed by atoms with Crippen LogP contribution in [0.3, 0.4) is 0 Å². The molecule has 0 bridgehead atoms. The van der Waals surface area contributed by atoms with Crippen LogP contribution in [-0.2, 0) is 6.18 Å². The van der Waals surface area contributed by atoms with Crippen molar-refractivity contribution in [1.29, 1.82) is 0 Å². The molecule has 0 aliphatic rings. The molecule has 12 heteroatoms. The maximum Gasteiger partial charge on any atom is 0.490 e. The van der Waals surface area contributed by atoms with E-state index in [0.717, 1.165) is 0 Å². The van der Waals surface area contributed by atoms with Crippen molar-refractivity contribution in [3.8, 4) is 11.3 Å². The number of alkyl halides is 3. The molecule has 1 heterocycles. The summed E-state index contributed by atoms with van der Waals surface area (Å²) in [5.74, 6) is -11.9. The van der Waals surface area contributed by atoms with E-state index in [1.54, 1.807) is 0 Å². The first-order chi connectivity index (χ1) is 11.0. The van der Waals surface area contributed by atoms with Crippen LogP contribution in [-0.4, -0.2) is 22.2 Å². The van der Waals surface area contributed by atoms with Crippen molar-refractivity contribution in [3.05, 3.63) is 46.9 Å². The lowest BCUT2D eigenvalue weighted by Crippen LogP contribution is -2.34. The summed E-state index contributed by atoms with van der Waals surface area (Å²) < 4.78 is 105. The Kier molecular flexibility index (Phi) is 4.55. The normalized spacial score (nSPS) is 11.8. The number of rotatable bonds is 2. The van der Waals surface area contributed by atoms with Crippen LogP contribution in [0.5, 0.6) is 0 Å². The second-order valence-corrected chi connectivity index (χ2v) is 4.48. The molecule has 24 heavy (non-hydrogen) atoms. The molecule has 0 fully saturated rings. The summed E-state index contributed by atoms with van der Waals surface area (Å²) in [6, 6.07) is 0.0745. The fourth-order valence-electron chi connectivity index (χ4n) is 1.86. The fourth-order valence-corrected chi connectivity index (χ4v) is 1.86. The van der Waals surface area contributed by atoms with Gasteiger partial charge in [-0.25, -0.2) is 22.0 Å². The highest BCUT2D eigenvalue weighted by atomic mass is 19.4. The van der Waals surface area contributed by atoms with Gasteiger partial charge >= 0.3 is 13.3 Å². The maximum absolute atomic E-state index is 13.7. The van der Waals surface area contributed by atoms with Gasteiger partial charge in [-0.2, -0.15) is 13.2 Å². The van der Waals surface area contributed by atoms with E-state index in [-0.39, 0.29) is 12.3 Å². The van der Waals surface area contributed by atoms with E-state index in [1.165, 1.54) is 0 Å². The standard InChI is InChI=1S/C12H4BF8NO2/c14-6-5(7(15)9(17)10(18)8(6)16)11-4(13(23)24)1-3(2-22-11)12(19,20)21/h1-2,23-24H. The summed E-state index contributed by atoms with van der Waals surface area (Å²) in [5, 5.41) is 18.1. The molecule has 2 rings (SSSR count). The Hall–Kier alpha value is -2.21. The van der Waals surface area contributed by atoms with Gasteiger partial charge in [-0.15, -0.1) is 0 Å². The van der Waals surface area contributed by atoms with Gasteiger partial charge < -0.3 is 10.0 Å². The molecule has 0 saturated carbocycles. The number of hydrogen-bond donors (Lipinski definition) is 2. The van der Waals surface area contributed by atoms with Gasteiger partial charge in [0.2, 0.25) is 5.82 Å². The van der Waals surface area contributed by atoms with Gasteiger partial charge in [-0.05, 0) is 6.07 Å². The van der Waals surface area contributed by atoms with Crippen LogP contribution in [0.1, 0.15) is 5.56 Å². The molecule has 0 radical (unpaired) electrons. The molecule has 128 valence electrons. The van der Waals surface area contributed by atoms with Crippen molar-refractivity contribution in [1.82, 2.24) is 4.98 Å². The lowest BCUT2D eigenvalue weighted by atomic mass is 9.76. The molecule has 0 aliphatic heterocycles. The Balaban J connectivity index is 2.84. The third-order valence-electron chi connectivity index (χ3n) is 2.97. The SMILES string of the molecule is OB(O)c1cc(C(F)(F)F)cnc1-c1c(F)c(F)c(F)c(F)c1F. The van der Waals surface area contributed by atoms with E-state index in [4.69, 9.17) is 10.0 Å². The largest absolute Gasteiger partial charge is 0.490 e. The smallest absolute Gasteiger partial charge is 0.423 e. The van der Waals surface area contributed by atoms with Gasteiger partial charge in [0.05, 0.1) is 16.8 Å². The van der Waals surface area contributed by atoms with E-state index in [9.17, 15) is 35.1 Å². The molecule has 0 aliphatic carbocycles. The molecule has 0 saturated heterocycles. The zero-order valence-corrected chi connectivity index (χ0v) is 11.1. The Morgan fingerprint density at radius 2 is 1.29 bits per heavy atom. The quantitative estimate of drug-likeness (QED) is 0.375. The van der Waals surface area contributed by atoms with Crippen molar-refractivity contribution in [2.45, 2.75) is 6.18 Å². The van der Waals surface area contributed by atoms with Gasteiger partial charge in [0.15, 0.2) is 23.3 Å². The molecule has 2 aromatic rings. The molecule has 3 nitrogen and oxygen atoms in total. The van der Waals surface area contributed by atoms with Crippen LogP contribution < -0.4 is 5.46 Å². The summed E-state index contributed by atoms with van der Waals surface area (Å²) in [7, 11) is -2.72. The summed E-state index contributed by atoms with van der Waals surface area (Å²) >= 11 is 0. The number of halogens is 8. The van der Waals surface area contributed by atoms with Crippen molar-refractivity contribution in [3.63, 3.8) is 0 Å². The predicted molar refractivity (Wildman–Crippen MR) is 64.3 cm³/mol. The first kappa shape index (κ1) is 18.1. The highest BCUT2D eigenvalue weighted by molar-refractivity contribution is 6.60. The van der Waals surface area contributed by atoms with Crippen molar-refractivity contribution in [2.75, 3.05) is 0 Å². The molecule has 0 spiro atoms. The average molecular weight is 357 g/mol. The van der Waals surface area contributed by atoms with E-state index in [0.29, 0.717) is 0 Å². The average Bonchev–Trinajstić information content (AvgIpc) is 2.50. The van der Waals surface area contributed by atoms with Gasteiger partial charge in [-0.1, -0.05) is 0 Å². The minimum Gasteiger partial charge on any atom is -0.423 e. The third kappa shape index (κ3) is 2.94. The molecule has 0 unspecified atom stereocenters. The van der Waals surface area contributed by atoms with E-state index in [2.05, 4.69) is 4.98 Å². The molecule has 2 N–H and O–H groups in total. The minimum absolute atomic E-state index is 0.0548. The highest BCUT2D eigenvalue weighted by Crippen LogP contribution is 2.32. The van der Waals surface area contributed by atoms with Gasteiger partial charge in [0.1, 0.15) is 0 Å². The van der Waals surface area contributed by atoms with Crippen molar-refractivity contribution < 1.29 is 45.2 Å². The molecule has 1 aromatic carbocycles. The van der Waals surface area contributed by atoms with Crippen LogP contribution >= 0.6 is 0 Å². The van der Waals surface area contributed by atoms with Crippen LogP contribution in [0.15, 0.2) is 12.3 Å². The third-order valence-corrected chi connectivity index (χ3v) is 2.97. The summed E-state index contributed by atoms with van der Waals surface area (Å²) in [6.45, 7) is 0. The number of hydrogen-bond acceptors (Lipinski definition) is 3. The first-order valence-corrected chi connectivity index (χ1v) is 5.91. The lowest BCUT2D eigenvalue weighted by Gasteiger charge is -2.14.